The molecular formula is C10H10ClNO3. The number of benzene rings is 1. The van der Waals surface area contributed by atoms with Crippen molar-refractivity contribution in [2.75, 3.05) is 6.54 Å². The van der Waals surface area contributed by atoms with Gasteiger partial charge in [0, 0.05) is 17.5 Å². The lowest BCUT2D eigenvalue weighted by molar-refractivity contribution is 0.183. The van der Waals surface area contributed by atoms with Crippen LogP contribution in [0, 0.1) is 0 Å². The number of phenolic OH excluding ortho intramolecular Hbond substituents is 1. The largest absolute Gasteiger partial charge is 0.504 e. The first-order chi connectivity index (χ1) is 7.15. The van der Waals surface area contributed by atoms with Crippen molar-refractivity contribution in [1.29, 1.82) is 0 Å². The van der Waals surface area contributed by atoms with Gasteiger partial charge in [0.25, 0.3) is 0 Å². The minimum Gasteiger partial charge on any atom is -0.504 e. The molecule has 4 N–H and O–H groups in total. The van der Waals surface area contributed by atoms with Crippen molar-refractivity contribution >= 4 is 22.6 Å². The highest BCUT2D eigenvalue weighted by atomic mass is 35.5. The van der Waals surface area contributed by atoms with Crippen LogP contribution in [0.4, 0.5) is 0 Å². The van der Waals surface area contributed by atoms with Gasteiger partial charge in [-0.1, -0.05) is 11.6 Å². The van der Waals surface area contributed by atoms with E-state index in [1.807, 2.05) is 0 Å². The number of aliphatic hydroxyl groups is 1. The van der Waals surface area contributed by atoms with Crippen molar-refractivity contribution in [1.82, 2.24) is 0 Å². The van der Waals surface area contributed by atoms with Crippen LogP contribution in [0.2, 0.25) is 5.02 Å². The lowest BCUT2D eigenvalue weighted by Gasteiger charge is -2.11. The van der Waals surface area contributed by atoms with Crippen molar-refractivity contribution in [2.24, 2.45) is 5.73 Å². The van der Waals surface area contributed by atoms with E-state index in [-0.39, 0.29) is 23.4 Å². The Balaban J connectivity index is 2.71. The molecule has 0 aliphatic carbocycles. The number of rotatable bonds is 2. The number of nitrogens with two attached hydrogens (primary N) is 1. The van der Waals surface area contributed by atoms with Gasteiger partial charge in [-0.15, -0.1) is 0 Å². The molecule has 1 aromatic heterocycles. The van der Waals surface area contributed by atoms with Gasteiger partial charge in [-0.2, -0.15) is 0 Å². The summed E-state index contributed by atoms with van der Waals surface area (Å²) in [7, 11) is 0. The first-order valence-corrected chi connectivity index (χ1v) is 4.79. The van der Waals surface area contributed by atoms with Gasteiger partial charge in [-0.3, -0.25) is 0 Å². The Kier molecular flexibility index (Phi) is 2.56. The second-order valence-electron chi connectivity index (χ2n) is 3.21. The Morgan fingerprint density at radius 1 is 1.53 bits per heavy atom. The average Bonchev–Trinajstić information content (AvgIpc) is 2.71. The zero-order valence-corrected chi connectivity index (χ0v) is 8.53. The van der Waals surface area contributed by atoms with Crippen LogP contribution in [0.15, 0.2) is 22.8 Å². The molecule has 15 heavy (non-hydrogen) atoms. The van der Waals surface area contributed by atoms with Gasteiger partial charge < -0.3 is 20.4 Å². The summed E-state index contributed by atoms with van der Waals surface area (Å²) in [4.78, 5) is 0. The van der Waals surface area contributed by atoms with Gasteiger partial charge >= 0.3 is 0 Å². The van der Waals surface area contributed by atoms with Gasteiger partial charge in [-0.05, 0) is 12.1 Å². The van der Waals surface area contributed by atoms with Gasteiger partial charge in [-0.25, -0.2) is 0 Å². The van der Waals surface area contributed by atoms with E-state index < -0.39 is 6.10 Å². The Morgan fingerprint density at radius 2 is 2.27 bits per heavy atom. The van der Waals surface area contributed by atoms with E-state index in [0.717, 1.165) is 0 Å². The topological polar surface area (TPSA) is 79.6 Å². The maximum absolute atomic E-state index is 9.80. The molecule has 0 aliphatic heterocycles. The molecule has 0 spiro atoms. The molecule has 1 heterocycles. The molecule has 80 valence electrons. The molecule has 1 atom stereocenters. The molecule has 0 saturated carbocycles. The first-order valence-electron chi connectivity index (χ1n) is 4.42. The summed E-state index contributed by atoms with van der Waals surface area (Å²) < 4.78 is 5.08. The number of halogens is 1. The fourth-order valence-corrected chi connectivity index (χ4v) is 1.74. The summed E-state index contributed by atoms with van der Waals surface area (Å²) in [5, 5.41) is 20.4. The highest BCUT2D eigenvalue weighted by Gasteiger charge is 2.17. The second-order valence-corrected chi connectivity index (χ2v) is 3.62. The van der Waals surface area contributed by atoms with Crippen molar-refractivity contribution in [3.63, 3.8) is 0 Å². The van der Waals surface area contributed by atoms with Crippen LogP contribution in [0.3, 0.4) is 0 Å². The SMILES string of the molecule is NCC(O)c1cc(Cl)c2ccoc2c1O. The Morgan fingerprint density at radius 3 is 2.93 bits per heavy atom. The number of phenols is 1. The van der Waals surface area contributed by atoms with Crippen molar-refractivity contribution < 1.29 is 14.6 Å². The minimum absolute atomic E-state index is 0.0100. The van der Waals surface area contributed by atoms with E-state index in [9.17, 15) is 10.2 Å². The van der Waals surface area contributed by atoms with Crippen LogP contribution < -0.4 is 5.73 Å². The van der Waals surface area contributed by atoms with Crippen LogP contribution in [-0.2, 0) is 0 Å². The number of fused-ring (bicyclic) bond motifs is 1. The lowest BCUT2D eigenvalue weighted by atomic mass is 10.1. The summed E-state index contributed by atoms with van der Waals surface area (Å²) in [6, 6.07) is 3.14. The molecular weight excluding hydrogens is 218 g/mol. The summed E-state index contributed by atoms with van der Waals surface area (Å²) in [5.41, 5.74) is 5.86. The zero-order chi connectivity index (χ0) is 11.0. The molecule has 0 fully saturated rings. The molecule has 1 unspecified atom stereocenters. The molecule has 0 bridgehead atoms. The van der Waals surface area contributed by atoms with E-state index in [1.54, 1.807) is 6.07 Å². The predicted octanol–water partition coefficient (Wildman–Crippen LogP) is 1.78. The van der Waals surface area contributed by atoms with E-state index >= 15 is 0 Å². The summed E-state index contributed by atoms with van der Waals surface area (Å²) in [5.74, 6) is -0.114. The quantitative estimate of drug-likeness (QED) is 0.731. The van der Waals surface area contributed by atoms with Gasteiger partial charge in [0.1, 0.15) is 0 Å². The van der Waals surface area contributed by atoms with Crippen LogP contribution in [0.1, 0.15) is 11.7 Å². The monoisotopic (exact) mass is 227 g/mol. The standard InChI is InChI=1S/C10H10ClNO3/c11-7-3-6(8(13)4-12)9(14)10-5(7)1-2-15-10/h1-3,8,13-14H,4,12H2. The van der Waals surface area contributed by atoms with Crippen molar-refractivity contribution in [2.45, 2.75) is 6.10 Å². The van der Waals surface area contributed by atoms with Crippen molar-refractivity contribution in [3.8, 4) is 5.75 Å². The van der Waals surface area contributed by atoms with Gasteiger partial charge in [0.2, 0.25) is 0 Å². The van der Waals surface area contributed by atoms with Crippen LogP contribution in [0.25, 0.3) is 11.0 Å². The summed E-state index contributed by atoms with van der Waals surface area (Å²) in [6.45, 7) is 0.0100. The third-order valence-electron chi connectivity index (χ3n) is 2.28. The van der Waals surface area contributed by atoms with Crippen LogP contribution in [0.5, 0.6) is 5.75 Å². The first kappa shape index (κ1) is 10.3. The highest BCUT2D eigenvalue weighted by molar-refractivity contribution is 6.35. The fraction of sp³-hybridized carbons (Fsp3) is 0.200. The van der Waals surface area contributed by atoms with Crippen LogP contribution >= 0.6 is 11.6 Å². The fourth-order valence-electron chi connectivity index (χ4n) is 1.48. The third-order valence-corrected chi connectivity index (χ3v) is 2.59. The summed E-state index contributed by atoms with van der Waals surface area (Å²) in [6.07, 6.45) is 0.478. The van der Waals surface area contributed by atoms with Gasteiger partial charge in [0.05, 0.1) is 17.4 Å². The van der Waals surface area contributed by atoms with E-state index in [4.69, 9.17) is 21.8 Å². The lowest BCUT2D eigenvalue weighted by Crippen LogP contribution is -2.11. The summed E-state index contributed by atoms with van der Waals surface area (Å²) >= 11 is 5.95. The maximum Gasteiger partial charge on any atom is 0.177 e. The normalized spacial score (nSPS) is 13.3. The Hall–Kier alpha value is -1.23. The molecule has 0 amide bonds. The Bertz CT molecular complexity index is 495. The molecule has 2 rings (SSSR count). The number of furan rings is 1. The number of hydrogen-bond donors (Lipinski definition) is 3. The van der Waals surface area contributed by atoms with Gasteiger partial charge in [0.15, 0.2) is 11.3 Å². The van der Waals surface area contributed by atoms with Crippen molar-refractivity contribution in [3.05, 3.63) is 29.0 Å². The molecule has 4 nitrogen and oxygen atoms in total. The number of aliphatic hydroxyl groups excluding tert-OH is 1. The second kappa shape index (κ2) is 3.73. The Labute approximate surface area is 90.9 Å². The van der Waals surface area contributed by atoms with Crippen LogP contribution in [-0.4, -0.2) is 16.8 Å². The molecule has 1 aromatic carbocycles. The minimum atomic E-state index is -0.947. The average molecular weight is 228 g/mol. The molecule has 0 saturated heterocycles. The molecule has 0 aliphatic rings. The zero-order valence-electron chi connectivity index (χ0n) is 7.77. The van der Waals surface area contributed by atoms with E-state index in [0.29, 0.717) is 10.4 Å². The molecule has 0 radical (unpaired) electrons. The number of aromatic hydroxyl groups is 1. The van der Waals surface area contributed by atoms with E-state index in [2.05, 4.69) is 0 Å². The predicted molar refractivity (Wildman–Crippen MR) is 56.9 cm³/mol. The van der Waals surface area contributed by atoms with E-state index in [1.165, 1.54) is 12.3 Å². The maximum atomic E-state index is 9.80. The number of hydrogen-bond acceptors (Lipinski definition) is 4. The smallest absolute Gasteiger partial charge is 0.177 e. The highest BCUT2D eigenvalue weighted by Crippen LogP contribution is 2.37. The molecule has 5 heteroatoms. The molecule has 2 aromatic rings. The third kappa shape index (κ3) is 1.56.